The van der Waals surface area contributed by atoms with E-state index < -0.39 is 0 Å². The van der Waals surface area contributed by atoms with E-state index in [0.29, 0.717) is 18.4 Å². The van der Waals surface area contributed by atoms with Gasteiger partial charge in [0, 0.05) is 45.0 Å². The molecule has 1 aromatic heterocycles. The first-order valence-corrected chi connectivity index (χ1v) is 9.70. The zero-order chi connectivity index (χ0) is 19.2. The van der Waals surface area contributed by atoms with Crippen LogP contribution in [0.15, 0.2) is 41.7 Å². The fourth-order valence-corrected chi connectivity index (χ4v) is 3.66. The van der Waals surface area contributed by atoms with E-state index >= 15 is 0 Å². The number of rotatable bonds is 6. The molecule has 0 radical (unpaired) electrons. The highest BCUT2D eigenvalue weighted by atomic mass is 16.5. The van der Waals surface area contributed by atoms with Gasteiger partial charge in [0.1, 0.15) is 11.6 Å². The lowest BCUT2D eigenvalue weighted by molar-refractivity contribution is 0.414. The molecule has 1 unspecified atom stereocenters. The molecule has 1 aliphatic heterocycles. The first kappa shape index (κ1) is 19.3. The second-order valence-corrected chi connectivity index (χ2v) is 7.50. The van der Waals surface area contributed by atoms with Gasteiger partial charge in [-0.1, -0.05) is 26.0 Å². The Morgan fingerprint density at radius 3 is 2.78 bits per heavy atom. The van der Waals surface area contributed by atoms with Crippen LogP contribution in [0.1, 0.15) is 37.6 Å². The van der Waals surface area contributed by atoms with Crippen molar-refractivity contribution in [2.24, 2.45) is 10.9 Å². The normalized spacial score (nSPS) is 17.6. The van der Waals surface area contributed by atoms with Crippen molar-refractivity contribution < 1.29 is 4.74 Å². The number of likely N-dealkylation sites (tertiary alicyclic amines) is 1. The molecule has 146 valence electrons. The van der Waals surface area contributed by atoms with Crippen LogP contribution >= 0.6 is 0 Å². The molecule has 6 nitrogen and oxygen atoms in total. The monoisotopic (exact) mass is 369 g/mol. The van der Waals surface area contributed by atoms with E-state index in [0.717, 1.165) is 43.6 Å². The molecule has 0 spiro atoms. The maximum atomic E-state index is 5.26. The first-order valence-electron chi connectivity index (χ1n) is 9.70. The van der Waals surface area contributed by atoms with Gasteiger partial charge in [0.25, 0.3) is 0 Å². The summed E-state index contributed by atoms with van der Waals surface area (Å²) >= 11 is 0. The molecule has 1 fully saturated rings. The molecule has 0 aliphatic carbocycles. The topological polar surface area (TPSA) is 54.7 Å². The van der Waals surface area contributed by atoms with Crippen LogP contribution in [0, 0.1) is 5.92 Å². The van der Waals surface area contributed by atoms with Gasteiger partial charge >= 0.3 is 0 Å². The Balaban J connectivity index is 1.58. The Labute approximate surface area is 162 Å². The lowest BCUT2D eigenvalue weighted by Crippen LogP contribution is -2.40. The van der Waals surface area contributed by atoms with E-state index in [1.165, 1.54) is 5.56 Å². The number of aliphatic imine (C=N–C) groups is 1. The molecule has 1 N–H and O–H groups in total. The van der Waals surface area contributed by atoms with E-state index in [4.69, 9.17) is 4.74 Å². The van der Waals surface area contributed by atoms with E-state index in [9.17, 15) is 0 Å². The fourth-order valence-electron chi connectivity index (χ4n) is 3.66. The summed E-state index contributed by atoms with van der Waals surface area (Å²) in [5, 5.41) is 3.49. The lowest BCUT2D eigenvalue weighted by Gasteiger charge is -2.22. The summed E-state index contributed by atoms with van der Waals surface area (Å²) < 4.78 is 7.48. The summed E-state index contributed by atoms with van der Waals surface area (Å²) in [6.45, 7) is 8.11. The Kier molecular flexibility index (Phi) is 6.37. The minimum atomic E-state index is 0.525. The van der Waals surface area contributed by atoms with Gasteiger partial charge in [-0.2, -0.15) is 0 Å². The van der Waals surface area contributed by atoms with Gasteiger partial charge in [0.15, 0.2) is 5.96 Å². The number of guanidine groups is 1. The first-order chi connectivity index (χ1) is 13.1. The predicted octanol–water partition coefficient (Wildman–Crippen LogP) is 3.11. The predicted molar refractivity (Wildman–Crippen MR) is 109 cm³/mol. The van der Waals surface area contributed by atoms with Crippen LogP contribution in [0.2, 0.25) is 0 Å². The van der Waals surface area contributed by atoms with Crippen LogP contribution in [0.4, 0.5) is 0 Å². The second-order valence-electron chi connectivity index (χ2n) is 7.50. The molecule has 3 rings (SSSR count). The van der Waals surface area contributed by atoms with Gasteiger partial charge in [-0.05, 0) is 30.0 Å². The highest BCUT2D eigenvalue weighted by molar-refractivity contribution is 5.80. The number of nitrogens with zero attached hydrogens (tertiary/aromatic N) is 4. The van der Waals surface area contributed by atoms with Crippen molar-refractivity contribution in [1.82, 2.24) is 19.8 Å². The minimum Gasteiger partial charge on any atom is -0.497 e. The zero-order valence-electron chi connectivity index (χ0n) is 16.9. The number of nitrogens with one attached hydrogen (secondary N) is 1. The molecule has 2 heterocycles. The van der Waals surface area contributed by atoms with Crippen LogP contribution in [0.3, 0.4) is 0 Å². The summed E-state index contributed by atoms with van der Waals surface area (Å²) in [5.41, 5.74) is 1.36. The van der Waals surface area contributed by atoms with Crippen LogP contribution in [0.25, 0.3) is 0 Å². The number of hydrogen-bond donors (Lipinski definition) is 1. The number of benzene rings is 1. The van der Waals surface area contributed by atoms with Crippen molar-refractivity contribution in [3.63, 3.8) is 0 Å². The molecule has 0 amide bonds. The van der Waals surface area contributed by atoms with Gasteiger partial charge in [-0.3, -0.25) is 4.99 Å². The van der Waals surface area contributed by atoms with Crippen molar-refractivity contribution in [3.05, 3.63) is 48.0 Å². The van der Waals surface area contributed by atoms with Gasteiger partial charge in [-0.25, -0.2) is 4.98 Å². The highest BCUT2D eigenvalue weighted by Crippen LogP contribution is 2.28. The summed E-state index contributed by atoms with van der Waals surface area (Å²) in [7, 11) is 3.55. The molecule has 1 atom stereocenters. The van der Waals surface area contributed by atoms with Crippen LogP contribution in [0.5, 0.6) is 5.75 Å². The van der Waals surface area contributed by atoms with Gasteiger partial charge in [0.2, 0.25) is 0 Å². The highest BCUT2D eigenvalue weighted by Gasteiger charge is 2.26. The largest absolute Gasteiger partial charge is 0.497 e. The summed E-state index contributed by atoms with van der Waals surface area (Å²) in [5.74, 6) is 4.03. The molecular formula is C21H31N5O. The van der Waals surface area contributed by atoms with Crippen molar-refractivity contribution in [3.8, 4) is 5.75 Å². The van der Waals surface area contributed by atoms with Crippen molar-refractivity contribution in [2.45, 2.75) is 39.3 Å². The molecule has 6 heteroatoms. The Bertz CT molecular complexity index is 750. The van der Waals surface area contributed by atoms with E-state index in [1.807, 2.05) is 25.4 Å². The van der Waals surface area contributed by atoms with Crippen LogP contribution < -0.4 is 10.1 Å². The van der Waals surface area contributed by atoms with Gasteiger partial charge in [-0.15, -0.1) is 0 Å². The fraction of sp³-hybridized carbons (Fsp3) is 0.524. The number of aromatic nitrogens is 2. The zero-order valence-corrected chi connectivity index (χ0v) is 16.9. The number of methoxy groups -OCH3 is 1. The van der Waals surface area contributed by atoms with Gasteiger partial charge < -0.3 is 19.5 Å². The smallest absolute Gasteiger partial charge is 0.194 e. The average Bonchev–Trinajstić information content (AvgIpc) is 3.32. The van der Waals surface area contributed by atoms with Crippen molar-refractivity contribution >= 4 is 5.96 Å². The molecule has 27 heavy (non-hydrogen) atoms. The van der Waals surface area contributed by atoms with E-state index in [2.05, 4.69) is 56.9 Å². The van der Waals surface area contributed by atoms with Crippen LogP contribution in [-0.2, 0) is 13.1 Å². The molecule has 0 saturated carbocycles. The van der Waals surface area contributed by atoms with Crippen molar-refractivity contribution in [2.75, 3.05) is 27.2 Å². The third-order valence-corrected chi connectivity index (χ3v) is 5.05. The molecule has 0 bridgehead atoms. The van der Waals surface area contributed by atoms with E-state index in [-0.39, 0.29) is 0 Å². The number of imidazole rings is 1. The third-order valence-electron chi connectivity index (χ3n) is 5.05. The number of hydrogen-bond acceptors (Lipinski definition) is 3. The maximum Gasteiger partial charge on any atom is 0.194 e. The van der Waals surface area contributed by atoms with E-state index in [1.54, 1.807) is 7.11 Å². The van der Waals surface area contributed by atoms with Crippen LogP contribution in [-0.4, -0.2) is 47.7 Å². The SMILES string of the molecule is CN=C(NCc1nccn1CC(C)C)N1CCC(c2ccc(OC)cc2)C1. The Morgan fingerprint density at radius 2 is 2.11 bits per heavy atom. The molecule has 1 aliphatic rings. The average molecular weight is 370 g/mol. The number of ether oxygens (including phenoxy) is 1. The minimum absolute atomic E-state index is 0.525. The molecule has 1 saturated heterocycles. The Hall–Kier alpha value is -2.50. The summed E-state index contributed by atoms with van der Waals surface area (Å²) in [6.07, 6.45) is 5.06. The Morgan fingerprint density at radius 1 is 1.33 bits per heavy atom. The standard InChI is InChI=1S/C21H31N5O/c1-16(2)14-25-12-10-23-20(25)13-24-21(22-3)26-11-9-18(15-26)17-5-7-19(27-4)8-6-17/h5-8,10,12,16,18H,9,11,13-15H2,1-4H3,(H,22,24). The molecular weight excluding hydrogens is 338 g/mol. The van der Waals surface area contributed by atoms with Gasteiger partial charge in [0.05, 0.1) is 13.7 Å². The second kappa shape index (κ2) is 8.93. The molecule has 1 aromatic carbocycles. The maximum absolute atomic E-state index is 5.26. The molecule has 2 aromatic rings. The van der Waals surface area contributed by atoms with Crippen molar-refractivity contribution in [1.29, 1.82) is 0 Å². The lowest BCUT2D eigenvalue weighted by atomic mass is 9.98. The summed E-state index contributed by atoms with van der Waals surface area (Å²) in [4.78, 5) is 11.3. The third kappa shape index (κ3) is 4.81. The summed E-state index contributed by atoms with van der Waals surface area (Å²) in [6, 6.07) is 8.43. The quantitative estimate of drug-likeness (QED) is 0.628.